The summed E-state index contributed by atoms with van der Waals surface area (Å²) in [6, 6.07) is 2.23. The molecule has 70 valence electrons. The normalized spacial score (nSPS) is 25.7. The number of hydrogen-bond acceptors (Lipinski definition) is 4. The van der Waals surface area contributed by atoms with Gasteiger partial charge in [-0.2, -0.15) is 0 Å². The zero-order chi connectivity index (χ0) is 9.26. The molecule has 2 N–H and O–H groups in total. The van der Waals surface area contributed by atoms with Crippen LogP contribution in [0.15, 0.2) is 12.3 Å². The Balaban J connectivity index is 2.03. The highest BCUT2D eigenvalue weighted by Crippen LogP contribution is 2.31. The molecule has 4 heteroatoms. The van der Waals surface area contributed by atoms with E-state index in [1.54, 1.807) is 12.3 Å². The smallest absolute Gasteiger partial charge is 0.223 e. The molecular formula is C9H13N3O. The highest BCUT2D eigenvalue weighted by molar-refractivity contribution is 5.29. The summed E-state index contributed by atoms with van der Waals surface area (Å²) in [4.78, 5) is 8.20. The Bertz CT molecular complexity index is 303. The van der Waals surface area contributed by atoms with Gasteiger partial charge in [-0.1, -0.05) is 6.92 Å². The molecule has 0 aliphatic heterocycles. The van der Waals surface area contributed by atoms with Gasteiger partial charge in [0.25, 0.3) is 0 Å². The van der Waals surface area contributed by atoms with E-state index in [2.05, 4.69) is 22.2 Å². The van der Waals surface area contributed by atoms with E-state index in [0.29, 0.717) is 17.7 Å². The first kappa shape index (κ1) is 8.44. The van der Waals surface area contributed by atoms with Gasteiger partial charge in [0.05, 0.1) is 12.3 Å². The molecule has 1 heterocycles. The van der Waals surface area contributed by atoms with Gasteiger partial charge in [-0.05, 0) is 18.4 Å². The van der Waals surface area contributed by atoms with Gasteiger partial charge < -0.3 is 10.4 Å². The molecule has 1 aromatic rings. The van der Waals surface area contributed by atoms with E-state index in [9.17, 15) is 0 Å². The van der Waals surface area contributed by atoms with Crippen LogP contribution in [0.3, 0.4) is 0 Å². The van der Waals surface area contributed by atoms with Crippen molar-refractivity contribution in [2.75, 3.05) is 5.32 Å². The molecule has 0 bridgehead atoms. The molecule has 2 rings (SSSR count). The molecule has 0 saturated heterocycles. The number of aromatic nitrogens is 2. The maximum absolute atomic E-state index is 8.85. The van der Waals surface area contributed by atoms with Crippen LogP contribution in [0, 0.1) is 5.92 Å². The van der Waals surface area contributed by atoms with Gasteiger partial charge in [0.2, 0.25) is 5.95 Å². The highest BCUT2D eigenvalue weighted by atomic mass is 16.3. The van der Waals surface area contributed by atoms with Crippen LogP contribution in [0.2, 0.25) is 0 Å². The lowest BCUT2D eigenvalue weighted by Crippen LogP contribution is -2.08. The van der Waals surface area contributed by atoms with Crippen LogP contribution in [0.25, 0.3) is 0 Å². The zero-order valence-electron chi connectivity index (χ0n) is 7.57. The molecule has 0 spiro atoms. The second-order valence-corrected chi connectivity index (χ2v) is 3.49. The first-order valence-electron chi connectivity index (χ1n) is 4.49. The minimum absolute atomic E-state index is 0.0303. The molecule has 1 fully saturated rings. The van der Waals surface area contributed by atoms with E-state index in [-0.39, 0.29) is 6.61 Å². The second-order valence-electron chi connectivity index (χ2n) is 3.49. The number of hydrogen-bond donors (Lipinski definition) is 2. The van der Waals surface area contributed by atoms with Crippen molar-refractivity contribution < 1.29 is 5.11 Å². The van der Waals surface area contributed by atoms with Crippen LogP contribution in [-0.2, 0) is 6.61 Å². The number of aliphatic hydroxyl groups excluding tert-OH is 1. The van der Waals surface area contributed by atoms with Gasteiger partial charge in [-0.15, -0.1) is 0 Å². The van der Waals surface area contributed by atoms with Gasteiger partial charge in [0.1, 0.15) is 0 Å². The molecule has 0 amide bonds. The molecule has 1 aliphatic carbocycles. The minimum atomic E-state index is -0.0303. The van der Waals surface area contributed by atoms with Crippen molar-refractivity contribution in [3.05, 3.63) is 18.0 Å². The Kier molecular flexibility index (Phi) is 2.14. The standard InChI is InChI=1S/C9H13N3O/c1-6-4-8(6)12-9-10-3-2-7(5-13)11-9/h2-3,6,8,13H,4-5H2,1H3,(H,10,11,12)/t6-,8-/m1/s1. The molecule has 0 radical (unpaired) electrons. The Morgan fingerprint density at radius 2 is 2.46 bits per heavy atom. The van der Waals surface area contributed by atoms with Crippen LogP contribution in [0.4, 0.5) is 5.95 Å². The number of anilines is 1. The molecule has 1 saturated carbocycles. The minimum Gasteiger partial charge on any atom is -0.390 e. The average Bonchev–Trinajstić information content (AvgIpc) is 2.82. The average molecular weight is 179 g/mol. The Labute approximate surface area is 77.0 Å². The lowest BCUT2D eigenvalue weighted by Gasteiger charge is -2.03. The predicted octanol–water partition coefficient (Wildman–Crippen LogP) is 0.789. The molecular weight excluding hydrogens is 166 g/mol. The van der Waals surface area contributed by atoms with Crippen molar-refractivity contribution >= 4 is 5.95 Å². The van der Waals surface area contributed by atoms with Crippen molar-refractivity contribution in [3.63, 3.8) is 0 Å². The topological polar surface area (TPSA) is 58.0 Å². The molecule has 2 atom stereocenters. The van der Waals surface area contributed by atoms with Crippen molar-refractivity contribution in [2.45, 2.75) is 26.0 Å². The quantitative estimate of drug-likeness (QED) is 0.720. The summed E-state index contributed by atoms with van der Waals surface area (Å²) in [5.74, 6) is 1.35. The van der Waals surface area contributed by atoms with E-state index in [1.807, 2.05) is 0 Å². The van der Waals surface area contributed by atoms with E-state index in [0.717, 1.165) is 5.92 Å². The maximum atomic E-state index is 8.85. The summed E-state index contributed by atoms with van der Waals surface area (Å²) < 4.78 is 0. The van der Waals surface area contributed by atoms with E-state index < -0.39 is 0 Å². The van der Waals surface area contributed by atoms with E-state index >= 15 is 0 Å². The highest BCUT2D eigenvalue weighted by Gasteiger charge is 2.32. The van der Waals surface area contributed by atoms with Gasteiger partial charge >= 0.3 is 0 Å². The molecule has 1 aliphatic rings. The Morgan fingerprint density at radius 3 is 3.08 bits per heavy atom. The predicted molar refractivity (Wildman–Crippen MR) is 49.1 cm³/mol. The fourth-order valence-corrected chi connectivity index (χ4v) is 1.24. The summed E-state index contributed by atoms with van der Waals surface area (Å²) in [7, 11) is 0. The molecule has 13 heavy (non-hydrogen) atoms. The van der Waals surface area contributed by atoms with Crippen LogP contribution in [-0.4, -0.2) is 21.1 Å². The summed E-state index contributed by atoms with van der Waals surface area (Å²) in [6.45, 7) is 2.16. The summed E-state index contributed by atoms with van der Waals surface area (Å²) in [6.07, 6.45) is 2.85. The lowest BCUT2D eigenvalue weighted by atomic mass is 10.4. The van der Waals surface area contributed by atoms with Crippen LogP contribution < -0.4 is 5.32 Å². The second kappa shape index (κ2) is 3.30. The summed E-state index contributed by atoms with van der Waals surface area (Å²) >= 11 is 0. The fraction of sp³-hybridized carbons (Fsp3) is 0.556. The first-order chi connectivity index (χ1) is 6.29. The molecule has 4 nitrogen and oxygen atoms in total. The van der Waals surface area contributed by atoms with Gasteiger partial charge in [0.15, 0.2) is 0 Å². The van der Waals surface area contributed by atoms with Gasteiger partial charge in [-0.25, -0.2) is 9.97 Å². The monoisotopic (exact) mass is 179 g/mol. The summed E-state index contributed by atoms with van der Waals surface area (Å²) in [5, 5.41) is 12.1. The molecule has 1 aromatic heterocycles. The maximum Gasteiger partial charge on any atom is 0.223 e. The van der Waals surface area contributed by atoms with Gasteiger partial charge in [0, 0.05) is 12.2 Å². The Morgan fingerprint density at radius 1 is 1.69 bits per heavy atom. The van der Waals surface area contributed by atoms with Crippen LogP contribution in [0.1, 0.15) is 19.0 Å². The van der Waals surface area contributed by atoms with Crippen molar-refractivity contribution in [3.8, 4) is 0 Å². The number of nitrogens with one attached hydrogen (secondary N) is 1. The third-order valence-electron chi connectivity index (χ3n) is 2.30. The SMILES string of the molecule is C[C@@H]1C[C@H]1Nc1nccc(CO)n1. The van der Waals surface area contributed by atoms with Gasteiger partial charge in [-0.3, -0.25) is 0 Å². The van der Waals surface area contributed by atoms with Crippen molar-refractivity contribution in [1.82, 2.24) is 9.97 Å². The van der Waals surface area contributed by atoms with E-state index in [1.165, 1.54) is 6.42 Å². The fourth-order valence-electron chi connectivity index (χ4n) is 1.24. The number of nitrogens with zero attached hydrogens (tertiary/aromatic N) is 2. The van der Waals surface area contributed by atoms with Crippen molar-refractivity contribution in [2.24, 2.45) is 5.92 Å². The summed E-state index contributed by atoms with van der Waals surface area (Å²) in [5.41, 5.74) is 0.658. The molecule has 0 aromatic carbocycles. The first-order valence-corrected chi connectivity index (χ1v) is 4.49. The largest absolute Gasteiger partial charge is 0.390 e. The van der Waals surface area contributed by atoms with Crippen LogP contribution in [0.5, 0.6) is 0 Å². The third-order valence-corrected chi connectivity index (χ3v) is 2.30. The number of rotatable bonds is 3. The third kappa shape index (κ3) is 1.95. The zero-order valence-corrected chi connectivity index (χ0v) is 7.57. The molecule has 0 unspecified atom stereocenters. The van der Waals surface area contributed by atoms with E-state index in [4.69, 9.17) is 5.11 Å². The van der Waals surface area contributed by atoms with Crippen LogP contribution >= 0.6 is 0 Å². The van der Waals surface area contributed by atoms with Crippen molar-refractivity contribution in [1.29, 1.82) is 0 Å². The number of aliphatic hydroxyl groups is 1. The Hall–Kier alpha value is -1.16. The lowest BCUT2D eigenvalue weighted by molar-refractivity contribution is 0.277.